The molecule has 0 aromatic carbocycles. The van der Waals surface area contributed by atoms with Gasteiger partial charge in [0.1, 0.15) is 30.9 Å². The van der Waals surface area contributed by atoms with Gasteiger partial charge in [-0.05, 0) is 6.92 Å². The van der Waals surface area contributed by atoms with E-state index in [9.17, 15) is 5.11 Å². The van der Waals surface area contributed by atoms with Crippen LogP contribution in [-0.2, 0) is 13.1 Å². The van der Waals surface area contributed by atoms with Crippen molar-refractivity contribution in [1.29, 1.82) is 0 Å². The molecule has 0 atom stereocenters. The summed E-state index contributed by atoms with van der Waals surface area (Å²) in [6, 6.07) is 0. The van der Waals surface area contributed by atoms with Gasteiger partial charge in [0, 0.05) is 0 Å². The summed E-state index contributed by atoms with van der Waals surface area (Å²) < 4.78 is 3.16. The zero-order valence-electron chi connectivity index (χ0n) is 8.35. The predicted molar refractivity (Wildman–Crippen MR) is 50.7 cm³/mol. The van der Waals surface area contributed by atoms with Crippen LogP contribution in [0, 0.1) is 0 Å². The first-order valence-corrected chi connectivity index (χ1v) is 4.53. The van der Waals surface area contributed by atoms with E-state index in [2.05, 4.69) is 20.2 Å². The lowest BCUT2D eigenvalue weighted by atomic mass is 10.1. The molecule has 0 radical (unpaired) electrons. The molecule has 2 heterocycles. The fourth-order valence-corrected chi connectivity index (χ4v) is 1.38. The highest BCUT2D eigenvalue weighted by Gasteiger charge is 2.22. The molecule has 0 saturated carbocycles. The van der Waals surface area contributed by atoms with Gasteiger partial charge >= 0.3 is 0 Å². The van der Waals surface area contributed by atoms with Crippen molar-refractivity contribution in [3.8, 4) is 0 Å². The summed E-state index contributed by atoms with van der Waals surface area (Å²) in [5.74, 6) is 0. The van der Waals surface area contributed by atoms with Crippen LogP contribution in [0.15, 0.2) is 25.3 Å². The maximum Gasteiger partial charge on any atom is 0.137 e. The Balaban J connectivity index is 2.01. The van der Waals surface area contributed by atoms with Crippen molar-refractivity contribution in [3.05, 3.63) is 25.3 Å². The maximum absolute atomic E-state index is 10.1. The Morgan fingerprint density at radius 1 is 1.07 bits per heavy atom. The summed E-state index contributed by atoms with van der Waals surface area (Å²) in [4.78, 5) is 7.62. The fourth-order valence-electron chi connectivity index (χ4n) is 1.38. The van der Waals surface area contributed by atoms with E-state index in [0.717, 1.165) is 0 Å². The lowest BCUT2D eigenvalue weighted by Gasteiger charge is -2.22. The third-order valence-electron chi connectivity index (χ3n) is 1.94. The molecule has 0 bridgehead atoms. The van der Waals surface area contributed by atoms with Crippen LogP contribution in [0.5, 0.6) is 0 Å². The van der Waals surface area contributed by atoms with E-state index in [1.54, 1.807) is 28.9 Å². The van der Waals surface area contributed by atoms with Crippen LogP contribution >= 0.6 is 0 Å². The molecule has 1 N–H and O–H groups in total. The monoisotopic (exact) mass is 208 g/mol. The van der Waals surface area contributed by atoms with Crippen LogP contribution in [-0.4, -0.2) is 40.2 Å². The average Bonchev–Trinajstić information content (AvgIpc) is 2.75. The smallest absolute Gasteiger partial charge is 0.137 e. The molecule has 7 heteroatoms. The normalized spacial score (nSPS) is 11.9. The number of nitrogens with zero attached hydrogens (tertiary/aromatic N) is 6. The summed E-state index contributed by atoms with van der Waals surface area (Å²) in [5, 5.41) is 17.9. The zero-order valence-corrected chi connectivity index (χ0v) is 8.35. The molecule has 80 valence electrons. The van der Waals surface area contributed by atoms with E-state index in [4.69, 9.17) is 0 Å². The second kappa shape index (κ2) is 3.77. The molecule has 0 amide bonds. The van der Waals surface area contributed by atoms with Gasteiger partial charge in [-0.15, -0.1) is 0 Å². The third kappa shape index (κ3) is 2.59. The lowest BCUT2D eigenvalue weighted by Crippen LogP contribution is -2.35. The van der Waals surface area contributed by atoms with E-state index < -0.39 is 5.60 Å². The first kappa shape index (κ1) is 9.78. The molecule has 2 aromatic rings. The van der Waals surface area contributed by atoms with Crippen LogP contribution in [0.3, 0.4) is 0 Å². The highest BCUT2D eigenvalue weighted by Crippen LogP contribution is 2.08. The van der Waals surface area contributed by atoms with Crippen molar-refractivity contribution in [2.75, 3.05) is 0 Å². The van der Waals surface area contributed by atoms with E-state index in [0.29, 0.717) is 13.1 Å². The van der Waals surface area contributed by atoms with Crippen molar-refractivity contribution in [2.45, 2.75) is 25.6 Å². The van der Waals surface area contributed by atoms with Gasteiger partial charge in [0.25, 0.3) is 0 Å². The first-order chi connectivity index (χ1) is 7.16. The number of aromatic nitrogens is 6. The van der Waals surface area contributed by atoms with Gasteiger partial charge in [-0.3, -0.25) is 9.36 Å². The Kier molecular flexibility index (Phi) is 2.46. The van der Waals surface area contributed by atoms with Crippen LogP contribution in [0.25, 0.3) is 0 Å². The molecule has 0 spiro atoms. The van der Waals surface area contributed by atoms with Crippen molar-refractivity contribution >= 4 is 0 Å². The molecule has 2 rings (SSSR count). The van der Waals surface area contributed by atoms with Crippen molar-refractivity contribution in [2.24, 2.45) is 0 Å². The van der Waals surface area contributed by atoms with E-state index in [1.165, 1.54) is 12.7 Å². The summed E-state index contributed by atoms with van der Waals surface area (Å²) in [5.41, 5.74) is -0.929. The molecule has 0 aliphatic rings. The summed E-state index contributed by atoms with van der Waals surface area (Å²) >= 11 is 0. The second-order valence-electron chi connectivity index (χ2n) is 3.68. The largest absolute Gasteiger partial charge is 0.386 e. The van der Waals surface area contributed by atoms with Crippen molar-refractivity contribution < 1.29 is 5.11 Å². The second-order valence-corrected chi connectivity index (χ2v) is 3.68. The fraction of sp³-hybridized carbons (Fsp3) is 0.500. The highest BCUT2D eigenvalue weighted by molar-refractivity contribution is 4.74. The van der Waals surface area contributed by atoms with Crippen LogP contribution in [0.1, 0.15) is 6.92 Å². The molecular formula is C8H12N6O. The van der Waals surface area contributed by atoms with Gasteiger partial charge in [-0.2, -0.15) is 10.2 Å². The quantitative estimate of drug-likeness (QED) is 0.720. The van der Waals surface area contributed by atoms with Crippen molar-refractivity contribution in [3.63, 3.8) is 0 Å². The third-order valence-corrected chi connectivity index (χ3v) is 1.94. The number of hydrogen-bond donors (Lipinski definition) is 1. The Hall–Kier alpha value is -1.76. The number of rotatable bonds is 4. The molecule has 0 fully saturated rings. The van der Waals surface area contributed by atoms with E-state index in [-0.39, 0.29) is 0 Å². The van der Waals surface area contributed by atoms with Gasteiger partial charge in [-0.1, -0.05) is 0 Å². The summed E-state index contributed by atoms with van der Waals surface area (Å²) in [6.45, 7) is 2.45. The SMILES string of the molecule is CC(O)(Cn1cncn1)Cn1cncn1. The Morgan fingerprint density at radius 3 is 1.87 bits per heavy atom. The standard InChI is InChI=1S/C8H12N6O/c1-8(15,2-13-6-9-4-11-13)3-14-7-10-5-12-14/h4-7,15H,2-3H2,1H3. The van der Waals surface area contributed by atoms with Gasteiger partial charge in [0.15, 0.2) is 0 Å². The Bertz CT molecular complexity index is 354. The zero-order chi connectivity index (χ0) is 10.7. The molecule has 7 nitrogen and oxygen atoms in total. The predicted octanol–water partition coefficient (Wildman–Crippen LogP) is -0.679. The lowest BCUT2D eigenvalue weighted by molar-refractivity contribution is 0.0178. The maximum atomic E-state index is 10.1. The van der Waals surface area contributed by atoms with E-state index in [1.807, 2.05) is 0 Å². The number of hydrogen-bond acceptors (Lipinski definition) is 5. The molecule has 0 aliphatic heterocycles. The average molecular weight is 208 g/mol. The van der Waals surface area contributed by atoms with Crippen LogP contribution in [0.4, 0.5) is 0 Å². The van der Waals surface area contributed by atoms with Crippen LogP contribution < -0.4 is 0 Å². The van der Waals surface area contributed by atoms with Crippen molar-refractivity contribution in [1.82, 2.24) is 29.5 Å². The van der Waals surface area contributed by atoms with E-state index >= 15 is 0 Å². The van der Waals surface area contributed by atoms with Gasteiger partial charge in [0.2, 0.25) is 0 Å². The minimum Gasteiger partial charge on any atom is -0.386 e. The first-order valence-electron chi connectivity index (χ1n) is 4.53. The molecular weight excluding hydrogens is 196 g/mol. The molecule has 2 aromatic heterocycles. The van der Waals surface area contributed by atoms with Gasteiger partial charge < -0.3 is 5.11 Å². The summed E-state index contributed by atoms with van der Waals surface area (Å²) in [6.07, 6.45) is 6.00. The van der Waals surface area contributed by atoms with Gasteiger partial charge in [-0.25, -0.2) is 9.97 Å². The van der Waals surface area contributed by atoms with Gasteiger partial charge in [0.05, 0.1) is 13.1 Å². The number of aliphatic hydroxyl groups is 1. The molecule has 0 saturated heterocycles. The topological polar surface area (TPSA) is 81.6 Å². The minimum absolute atomic E-state index is 0.368. The molecule has 0 aliphatic carbocycles. The Morgan fingerprint density at radius 2 is 1.53 bits per heavy atom. The van der Waals surface area contributed by atoms with Crippen LogP contribution in [0.2, 0.25) is 0 Å². The molecule has 15 heavy (non-hydrogen) atoms. The summed E-state index contributed by atoms with van der Waals surface area (Å²) in [7, 11) is 0. The molecule has 0 unspecified atom stereocenters. The Labute approximate surface area is 86.4 Å². The minimum atomic E-state index is -0.929. The highest BCUT2D eigenvalue weighted by atomic mass is 16.3.